The van der Waals surface area contributed by atoms with Crippen LogP contribution in [0.4, 0.5) is 14.5 Å². The number of carbonyl (C=O) groups is 1. The maximum atomic E-state index is 12.2. The Balaban J connectivity index is 2.19. The van der Waals surface area contributed by atoms with Gasteiger partial charge in [-0.15, -0.1) is 0 Å². The van der Waals surface area contributed by atoms with E-state index in [1.807, 2.05) is 0 Å². The number of amides is 1. The number of alkyl halides is 2. The second-order valence-electron chi connectivity index (χ2n) is 3.76. The van der Waals surface area contributed by atoms with Gasteiger partial charge in [-0.1, -0.05) is 6.07 Å². The van der Waals surface area contributed by atoms with Crippen molar-refractivity contribution in [3.8, 4) is 5.75 Å². The number of halogens is 3. The standard InChI is InChI=1S/C11H10BrF2NO2/c12-7-2-1-3-8(9(7)17-11(13)14)15-10(16)6-4-5-6/h1-3,6,11H,4-5H2,(H,15,16). The van der Waals surface area contributed by atoms with Gasteiger partial charge in [-0.3, -0.25) is 4.79 Å². The first-order valence-electron chi connectivity index (χ1n) is 5.12. The molecular weight excluding hydrogens is 296 g/mol. The van der Waals surface area contributed by atoms with Gasteiger partial charge in [0.2, 0.25) is 5.91 Å². The van der Waals surface area contributed by atoms with Gasteiger partial charge in [0.25, 0.3) is 0 Å². The van der Waals surface area contributed by atoms with E-state index in [0.717, 1.165) is 12.8 Å². The summed E-state index contributed by atoms with van der Waals surface area (Å²) in [7, 11) is 0. The quantitative estimate of drug-likeness (QED) is 0.926. The van der Waals surface area contributed by atoms with Gasteiger partial charge < -0.3 is 10.1 Å². The summed E-state index contributed by atoms with van der Waals surface area (Å²) in [6, 6.07) is 4.75. The van der Waals surface area contributed by atoms with Crippen LogP contribution in [0.5, 0.6) is 5.75 Å². The van der Waals surface area contributed by atoms with Crippen molar-refractivity contribution in [3.05, 3.63) is 22.7 Å². The Labute approximate surface area is 105 Å². The molecule has 0 heterocycles. The molecule has 0 spiro atoms. The minimum atomic E-state index is -2.93. The summed E-state index contributed by atoms with van der Waals surface area (Å²) in [6.07, 6.45) is 1.70. The lowest BCUT2D eigenvalue weighted by atomic mass is 10.2. The highest BCUT2D eigenvalue weighted by molar-refractivity contribution is 9.10. The number of hydrogen-bond donors (Lipinski definition) is 1. The molecule has 1 N–H and O–H groups in total. The van der Waals surface area contributed by atoms with E-state index in [-0.39, 0.29) is 23.3 Å². The minimum absolute atomic E-state index is 0.00776. The number of benzene rings is 1. The molecule has 6 heteroatoms. The monoisotopic (exact) mass is 305 g/mol. The topological polar surface area (TPSA) is 38.3 Å². The fraction of sp³-hybridized carbons (Fsp3) is 0.364. The predicted octanol–water partition coefficient (Wildman–Crippen LogP) is 3.40. The van der Waals surface area contributed by atoms with Crippen LogP contribution in [0.15, 0.2) is 22.7 Å². The molecule has 2 rings (SSSR count). The van der Waals surface area contributed by atoms with Crippen molar-refractivity contribution in [2.75, 3.05) is 5.32 Å². The summed E-state index contributed by atoms with van der Waals surface area (Å²) in [5.74, 6) is -0.188. The third kappa shape index (κ3) is 3.15. The van der Waals surface area contributed by atoms with Crippen molar-refractivity contribution < 1.29 is 18.3 Å². The van der Waals surface area contributed by atoms with Crippen LogP contribution in [0.25, 0.3) is 0 Å². The molecule has 0 radical (unpaired) electrons. The number of carbonyl (C=O) groups excluding carboxylic acids is 1. The van der Waals surface area contributed by atoms with E-state index in [2.05, 4.69) is 26.0 Å². The molecule has 1 fully saturated rings. The maximum absolute atomic E-state index is 12.2. The molecule has 0 atom stereocenters. The first-order valence-corrected chi connectivity index (χ1v) is 5.91. The average molecular weight is 306 g/mol. The first kappa shape index (κ1) is 12.3. The number of hydrogen-bond acceptors (Lipinski definition) is 2. The molecule has 1 aromatic carbocycles. The van der Waals surface area contributed by atoms with Crippen LogP contribution < -0.4 is 10.1 Å². The van der Waals surface area contributed by atoms with E-state index in [1.165, 1.54) is 6.07 Å². The van der Waals surface area contributed by atoms with Gasteiger partial charge in [0.15, 0.2) is 5.75 Å². The smallest absolute Gasteiger partial charge is 0.387 e. The van der Waals surface area contributed by atoms with Crippen molar-refractivity contribution in [2.45, 2.75) is 19.5 Å². The van der Waals surface area contributed by atoms with Crippen LogP contribution in [0.2, 0.25) is 0 Å². The zero-order valence-electron chi connectivity index (χ0n) is 8.75. The van der Waals surface area contributed by atoms with Gasteiger partial charge in [0.1, 0.15) is 0 Å². The number of para-hydroxylation sites is 1. The maximum Gasteiger partial charge on any atom is 0.387 e. The predicted molar refractivity (Wildman–Crippen MR) is 62.1 cm³/mol. The van der Waals surface area contributed by atoms with Crippen molar-refractivity contribution in [2.24, 2.45) is 5.92 Å². The molecule has 0 bridgehead atoms. The molecule has 1 amide bonds. The lowest BCUT2D eigenvalue weighted by Crippen LogP contribution is -2.15. The van der Waals surface area contributed by atoms with Gasteiger partial charge in [-0.05, 0) is 40.9 Å². The molecule has 92 valence electrons. The summed E-state index contributed by atoms with van der Waals surface area (Å²) in [5.41, 5.74) is 0.261. The fourth-order valence-corrected chi connectivity index (χ4v) is 1.86. The van der Waals surface area contributed by atoms with E-state index in [4.69, 9.17) is 0 Å². The molecule has 0 unspecified atom stereocenters. The van der Waals surface area contributed by atoms with E-state index in [1.54, 1.807) is 12.1 Å². The summed E-state index contributed by atoms with van der Waals surface area (Å²) in [5, 5.41) is 2.59. The fourth-order valence-electron chi connectivity index (χ4n) is 1.40. The Morgan fingerprint density at radius 2 is 2.18 bits per heavy atom. The number of nitrogens with one attached hydrogen (secondary N) is 1. The van der Waals surface area contributed by atoms with Gasteiger partial charge in [-0.2, -0.15) is 8.78 Å². The third-order valence-electron chi connectivity index (χ3n) is 2.38. The number of ether oxygens (including phenoxy) is 1. The molecule has 0 aromatic heterocycles. The number of anilines is 1. The molecule has 1 aromatic rings. The van der Waals surface area contributed by atoms with E-state index in [9.17, 15) is 13.6 Å². The second kappa shape index (κ2) is 5.00. The largest absolute Gasteiger partial charge is 0.431 e. The molecular formula is C11H10BrF2NO2. The molecule has 3 nitrogen and oxygen atoms in total. The van der Waals surface area contributed by atoms with Crippen LogP contribution in [-0.4, -0.2) is 12.5 Å². The second-order valence-corrected chi connectivity index (χ2v) is 4.61. The van der Waals surface area contributed by atoms with E-state index < -0.39 is 6.61 Å². The Bertz CT molecular complexity index is 435. The van der Waals surface area contributed by atoms with Crippen molar-refractivity contribution >= 4 is 27.5 Å². The van der Waals surface area contributed by atoms with Crippen LogP contribution in [0.1, 0.15) is 12.8 Å². The highest BCUT2D eigenvalue weighted by Gasteiger charge is 2.30. The van der Waals surface area contributed by atoms with Gasteiger partial charge in [0.05, 0.1) is 10.2 Å². The highest BCUT2D eigenvalue weighted by atomic mass is 79.9. The van der Waals surface area contributed by atoms with Gasteiger partial charge >= 0.3 is 6.61 Å². The van der Waals surface area contributed by atoms with Gasteiger partial charge in [-0.25, -0.2) is 0 Å². The Kier molecular flexibility index (Phi) is 3.61. The Morgan fingerprint density at radius 3 is 2.76 bits per heavy atom. The molecule has 1 aliphatic carbocycles. The Hall–Kier alpha value is -1.17. The Morgan fingerprint density at radius 1 is 1.47 bits per heavy atom. The first-order chi connectivity index (χ1) is 8.08. The van der Waals surface area contributed by atoms with E-state index in [0.29, 0.717) is 4.47 Å². The summed E-state index contributed by atoms with van der Waals surface area (Å²) in [4.78, 5) is 11.6. The summed E-state index contributed by atoms with van der Waals surface area (Å²) in [6.45, 7) is -2.93. The number of rotatable bonds is 4. The van der Waals surface area contributed by atoms with Crippen molar-refractivity contribution in [1.29, 1.82) is 0 Å². The zero-order valence-corrected chi connectivity index (χ0v) is 10.3. The molecule has 1 aliphatic rings. The molecule has 17 heavy (non-hydrogen) atoms. The normalized spacial score (nSPS) is 14.8. The van der Waals surface area contributed by atoms with Gasteiger partial charge in [0, 0.05) is 5.92 Å². The van der Waals surface area contributed by atoms with Crippen molar-refractivity contribution in [1.82, 2.24) is 0 Å². The highest BCUT2D eigenvalue weighted by Crippen LogP contribution is 2.36. The summed E-state index contributed by atoms with van der Waals surface area (Å²) >= 11 is 3.11. The van der Waals surface area contributed by atoms with Crippen LogP contribution in [0.3, 0.4) is 0 Å². The lowest BCUT2D eigenvalue weighted by molar-refractivity contribution is -0.117. The third-order valence-corrected chi connectivity index (χ3v) is 3.00. The van der Waals surface area contributed by atoms with E-state index >= 15 is 0 Å². The SMILES string of the molecule is O=C(Nc1cccc(Br)c1OC(F)F)C1CC1. The minimum Gasteiger partial charge on any atom is -0.431 e. The molecule has 0 aliphatic heterocycles. The lowest BCUT2D eigenvalue weighted by Gasteiger charge is -2.13. The molecule has 1 saturated carbocycles. The van der Waals surface area contributed by atoms with Crippen molar-refractivity contribution in [3.63, 3.8) is 0 Å². The summed E-state index contributed by atoms with van der Waals surface area (Å²) < 4.78 is 29.2. The van der Waals surface area contributed by atoms with Crippen LogP contribution in [0, 0.1) is 5.92 Å². The molecule has 0 saturated heterocycles. The average Bonchev–Trinajstić information content (AvgIpc) is 3.06. The zero-order chi connectivity index (χ0) is 12.4. The van der Waals surface area contributed by atoms with Crippen LogP contribution >= 0.6 is 15.9 Å². The van der Waals surface area contributed by atoms with Crippen LogP contribution in [-0.2, 0) is 4.79 Å².